The van der Waals surface area contributed by atoms with E-state index in [1.807, 2.05) is 36.4 Å². The second-order valence-corrected chi connectivity index (χ2v) is 9.34. The fourth-order valence-electron chi connectivity index (χ4n) is 3.84. The first kappa shape index (κ1) is 21.2. The van der Waals surface area contributed by atoms with Gasteiger partial charge in [0, 0.05) is 36.6 Å². The molecule has 32 heavy (non-hydrogen) atoms. The second-order valence-electron chi connectivity index (χ2n) is 8.36. The van der Waals surface area contributed by atoms with Crippen LogP contribution in [0.1, 0.15) is 36.0 Å². The number of pyridine rings is 1. The maximum absolute atomic E-state index is 12.6. The zero-order chi connectivity index (χ0) is 21.9. The number of nitrogens with one attached hydrogen (secondary N) is 1. The summed E-state index contributed by atoms with van der Waals surface area (Å²) in [4.78, 5) is 36.8. The maximum atomic E-state index is 12.6. The van der Waals surface area contributed by atoms with Crippen LogP contribution in [0.5, 0.6) is 0 Å². The minimum atomic E-state index is 0.0504. The number of benzene rings is 1. The zero-order valence-electron chi connectivity index (χ0n) is 17.9. The molecular weight excluding hydrogens is 424 g/mol. The van der Waals surface area contributed by atoms with Crippen LogP contribution in [-0.2, 0) is 9.53 Å². The molecule has 1 aliphatic heterocycles. The number of nitrogens with zero attached hydrogens (tertiary/aromatic N) is 3. The Hall–Kier alpha value is -2.68. The standard InChI is InChI=1S/C24H26N4O3S/c29-21(2-1-11-28-12-14-31-15-13-28)17-5-3-16(4-6-17)19-9-10-20-23(25-19)32-24(26-20)27-22(30)18-7-8-18/h3-6,9-10,18H,1-2,7-8,11-15H2,(H,26,27,30). The number of Topliss-reactive ketones (excluding diaryl/α,β-unsaturated/α-hetero) is 1. The summed E-state index contributed by atoms with van der Waals surface area (Å²) in [6.45, 7) is 4.41. The fourth-order valence-corrected chi connectivity index (χ4v) is 4.68. The summed E-state index contributed by atoms with van der Waals surface area (Å²) in [5, 5.41) is 3.49. The van der Waals surface area contributed by atoms with E-state index >= 15 is 0 Å². The molecule has 0 radical (unpaired) electrons. The number of aromatic nitrogens is 2. The first-order valence-corrected chi connectivity index (χ1v) is 12.0. The average Bonchev–Trinajstić information content (AvgIpc) is 3.60. The Labute approximate surface area is 190 Å². The molecule has 3 heterocycles. The molecule has 1 N–H and O–H groups in total. The van der Waals surface area contributed by atoms with Crippen LogP contribution < -0.4 is 5.32 Å². The third kappa shape index (κ3) is 5.03. The molecule has 0 bridgehead atoms. The summed E-state index contributed by atoms with van der Waals surface area (Å²) >= 11 is 1.39. The molecule has 1 aromatic carbocycles. The Morgan fingerprint density at radius 3 is 2.59 bits per heavy atom. The molecule has 2 aromatic heterocycles. The molecule has 0 atom stereocenters. The van der Waals surface area contributed by atoms with E-state index in [4.69, 9.17) is 9.72 Å². The molecule has 166 valence electrons. The van der Waals surface area contributed by atoms with Crippen molar-refractivity contribution < 1.29 is 14.3 Å². The minimum Gasteiger partial charge on any atom is -0.379 e. The monoisotopic (exact) mass is 450 g/mol. The Morgan fingerprint density at radius 1 is 1.06 bits per heavy atom. The number of amides is 1. The Kier molecular flexibility index (Phi) is 6.25. The summed E-state index contributed by atoms with van der Waals surface area (Å²) < 4.78 is 5.36. The van der Waals surface area contributed by atoms with Gasteiger partial charge in [0.15, 0.2) is 10.9 Å². The Morgan fingerprint density at radius 2 is 1.84 bits per heavy atom. The van der Waals surface area contributed by atoms with Gasteiger partial charge in [-0.15, -0.1) is 0 Å². The highest BCUT2D eigenvalue weighted by molar-refractivity contribution is 7.22. The Bertz CT molecular complexity index is 1120. The number of carbonyl (C=O) groups excluding carboxylic acids is 2. The van der Waals surface area contributed by atoms with Gasteiger partial charge in [0.25, 0.3) is 0 Å². The van der Waals surface area contributed by atoms with Crippen LogP contribution in [0.15, 0.2) is 36.4 Å². The first-order chi connectivity index (χ1) is 15.7. The molecule has 2 fully saturated rings. The van der Waals surface area contributed by atoms with Crippen molar-refractivity contribution in [2.75, 3.05) is 38.2 Å². The lowest BCUT2D eigenvalue weighted by atomic mass is 10.0. The van der Waals surface area contributed by atoms with E-state index in [0.717, 1.165) is 79.3 Å². The maximum Gasteiger partial charge on any atom is 0.229 e. The van der Waals surface area contributed by atoms with Crippen LogP contribution in [0.4, 0.5) is 5.13 Å². The van der Waals surface area contributed by atoms with E-state index < -0.39 is 0 Å². The molecule has 1 aliphatic carbocycles. The van der Waals surface area contributed by atoms with Crippen LogP contribution in [0, 0.1) is 5.92 Å². The molecule has 8 heteroatoms. The van der Waals surface area contributed by atoms with E-state index in [1.54, 1.807) is 0 Å². The quantitative estimate of drug-likeness (QED) is 0.522. The van der Waals surface area contributed by atoms with Crippen LogP contribution in [-0.4, -0.2) is 59.4 Å². The van der Waals surface area contributed by atoms with Crippen molar-refractivity contribution in [1.29, 1.82) is 0 Å². The van der Waals surface area contributed by atoms with Crippen molar-refractivity contribution in [1.82, 2.24) is 14.9 Å². The van der Waals surface area contributed by atoms with Crippen molar-refractivity contribution in [3.05, 3.63) is 42.0 Å². The number of ketones is 1. The van der Waals surface area contributed by atoms with Gasteiger partial charge in [-0.2, -0.15) is 0 Å². The van der Waals surface area contributed by atoms with Gasteiger partial charge in [0.2, 0.25) is 5.91 Å². The number of ether oxygens (including phenoxy) is 1. The van der Waals surface area contributed by atoms with Gasteiger partial charge < -0.3 is 10.1 Å². The third-order valence-electron chi connectivity index (χ3n) is 5.92. The van der Waals surface area contributed by atoms with Crippen molar-refractivity contribution in [2.45, 2.75) is 25.7 Å². The summed E-state index contributed by atoms with van der Waals surface area (Å²) in [5.74, 6) is 0.368. The predicted octanol–water partition coefficient (Wildman–Crippen LogP) is 4.00. The highest BCUT2D eigenvalue weighted by atomic mass is 32.1. The third-order valence-corrected chi connectivity index (χ3v) is 6.80. The van der Waals surface area contributed by atoms with Gasteiger partial charge >= 0.3 is 0 Å². The smallest absolute Gasteiger partial charge is 0.229 e. The van der Waals surface area contributed by atoms with Gasteiger partial charge in [0.05, 0.1) is 18.9 Å². The van der Waals surface area contributed by atoms with Crippen LogP contribution >= 0.6 is 11.3 Å². The lowest BCUT2D eigenvalue weighted by Crippen LogP contribution is -2.36. The molecule has 5 rings (SSSR count). The van der Waals surface area contributed by atoms with Gasteiger partial charge in [-0.05, 0) is 37.9 Å². The number of hydrogen-bond donors (Lipinski definition) is 1. The number of anilines is 1. The SMILES string of the molecule is O=C(CCCN1CCOCC1)c1ccc(-c2ccc3nc(NC(=O)C4CC4)sc3n2)cc1. The summed E-state index contributed by atoms with van der Waals surface area (Å²) in [6.07, 6.45) is 3.35. The van der Waals surface area contributed by atoms with Gasteiger partial charge in [-0.1, -0.05) is 35.6 Å². The lowest BCUT2D eigenvalue weighted by molar-refractivity contribution is -0.117. The normalized spacial score (nSPS) is 16.9. The number of fused-ring (bicyclic) bond motifs is 1. The van der Waals surface area contributed by atoms with Gasteiger partial charge in [0.1, 0.15) is 10.3 Å². The van der Waals surface area contributed by atoms with E-state index in [9.17, 15) is 9.59 Å². The van der Waals surface area contributed by atoms with E-state index in [-0.39, 0.29) is 17.6 Å². The zero-order valence-corrected chi connectivity index (χ0v) is 18.7. The van der Waals surface area contributed by atoms with Crippen molar-refractivity contribution >= 4 is 38.5 Å². The van der Waals surface area contributed by atoms with Crippen LogP contribution in [0.25, 0.3) is 21.6 Å². The molecule has 3 aromatic rings. The lowest BCUT2D eigenvalue weighted by Gasteiger charge is -2.26. The van der Waals surface area contributed by atoms with E-state index in [2.05, 4.69) is 15.2 Å². The second kappa shape index (κ2) is 9.44. The molecule has 1 saturated carbocycles. The minimum absolute atomic E-state index is 0.0504. The van der Waals surface area contributed by atoms with Gasteiger partial charge in [-0.3, -0.25) is 14.5 Å². The molecule has 7 nitrogen and oxygen atoms in total. The van der Waals surface area contributed by atoms with Crippen molar-refractivity contribution in [3.8, 4) is 11.3 Å². The molecule has 0 spiro atoms. The highest BCUT2D eigenvalue weighted by Gasteiger charge is 2.30. The highest BCUT2D eigenvalue weighted by Crippen LogP contribution is 2.32. The van der Waals surface area contributed by atoms with E-state index in [1.165, 1.54) is 11.3 Å². The topological polar surface area (TPSA) is 84.4 Å². The fraction of sp³-hybridized carbons (Fsp3) is 0.417. The number of rotatable bonds is 8. The number of morpholine rings is 1. The van der Waals surface area contributed by atoms with Crippen LogP contribution in [0.2, 0.25) is 0 Å². The molecule has 1 saturated heterocycles. The molecule has 1 amide bonds. The molecule has 0 unspecified atom stereocenters. The number of thiazole rings is 1. The predicted molar refractivity (Wildman–Crippen MR) is 125 cm³/mol. The van der Waals surface area contributed by atoms with Crippen molar-refractivity contribution in [2.24, 2.45) is 5.92 Å². The van der Waals surface area contributed by atoms with Crippen molar-refractivity contribution in [3.63, 3.8) is 0 Å². The summed E-state index contributed by atoms with van der Waals surface area (Å²) in [5.41, 5.74) is 3.29. The molecular formula is C24H26N4O3S. The summed E-state index contributed by atoms with van der Waals surface area (Å²) in [6, 6.07) is 11.5. The van der Waals surface area contributed by atoms with Crippen LogP contribution in [0.3, 0.4) is 0 Å². The van der Waals surface area contributed by atoms with Gasteiger partial charge in [-0.25, -0.2) is 9.97 Å². The number of hydrogen-bond acceptors (Lipinski definition) is 7. The van der Waals surface area contributed by atoms with E-state index in [0.29, 0.717) is 11.6 Å². The first-order valence-electron chi connectivity index (χ1n) is 11.2. The number of carbonyl (C=O) groups is 2. The molecule has 2 aliphatic rings. The Balaban J connectivity index is 1.20. The average molecular weight is 451 g/mol. The summed E-state index contributed by atoms with van der Waals surface area (Å²) in [7, 11) is 0. The largest absolute Gasteiger partial charge is 0.379 e.